The van der Waals surface area contributed by atoms with Crippen LogP contribution in [-0.2, 0) is 0 Å². The number of hydrogen-bond acceptors (Lipinski definition) is 4. The van der Waals surface area contributed by atoms with Crippen molar-refractivity contribution in [3.63, 3.8) is 0 Å². The number of hydrogen-bond donors (Lipinski definition) is 3. The Morgan fingerprint density at radius 2 is 1.92 bits per heavy atom. The number of carbonyl (C=O) groups is 1. The number of carboxylic acids is 1. The first kappa shape index (κ1) is 17.9. The van der Waals surface area contributed by atoms with Crippen LogP contribution in [-0.4, -0.2) is 32.2 Å². The lowest BCUT2D eigenvalue weighted by atomic mass is 10.2. The van der Waals surface area contributed by atoms with Gasteiger partial charge in [0.1, 0.15) is 11.3 Å². The Bertz CT molecular complexity index is 1070. The number of aliphatic imine (C=N–C) groups is 1. The molecule has 2 aromatic carbocycles. The molecule has 0 aliphatic heterocycles. The third kappa shape index (κ3) is 3.54. The van der Waals surface area contributed by atoms with E-state index in [4.69, 9.17) is 5.11 Å². The molecule has 3 rings (SSSR count). The van der Waals surface area contributed by atoms with Gasteiger partial charge in [0.05, 0.1) is 16.9 Å². The summed E-state index contributed by atoms with van der Waals surface area (Å²) in [7, 11) is 0. The number of phenols is 1. The average Bonchev–Trinajstić information content (AvgIpc) is 2.89. The van der Waals surface area contributed by atoms with Crippen LogP contribution in [0.5, 0.6) is 5.75 Å². The normalized spacial score (nSPS) is 11.2. The molecule has 7 nitrogen and oxygen atoms in total. The van der Waals surface area contributed by atoms with Crippen LogP contribution in [0.3, 0.4) is 0 Å². The number of aryl methyl sites for hydroxylation is 1. The minimum Gasteiger partial charge on any atom is -0.507 e. The molecular formula is C18H14IN3O4. The highest BCUT2D eigenvalue weighted by atomic mass is 127. The zero-order valence-electron chi connectivity index (χ0n) is 13.6. The number of H-pyrrole nitrogens is 1. The van der Waals surface area contributed by atoms with Crippen LogP contribution in [0.25, 0.3) is 5.69 Å². The third-order valence-electron chi connectivity index (χ3n) is 3.76. The van der Waals surface area contributed by atoms with Crippen LogP contribution in [0.4, 0.5) is 5.69 Å². The number of nitrogens with one attached hydrogen (secondary N) is 1. The molecule has 0 bridgehead atoms. The summed E-state index contributed by atoms with van der Waals surface area (Å²) in [6.45, 7) is 1.76. The first-order valence-electron chi connectivity index (χ1n) is 7.55. The maximum absolute atomic E-state index is 12.6. The Morgan fingerprint density at radius 1 is 1.23 bits per heavy atom. The van der Waals surface area contributed by atoms with Crippen LogP contribution in [0.1, 0.15) is 21.6 Å². The lowest BCUT2D eigenvalue weighted by Gasteiger charge is -2.01. The summed E-state index contributed by atoms with van der Waals surface area (Å²) in [6, 6.07) is 11.4. The zero-order valence-corrected chi connectivity index (χ0v) is 15.8. The van der Waals surface area contributed by atoms with Crippen molar-refractivity contribution < 1.29 is 15.0 Å². The minimum absolute atomic E-state index is 0.248. The molecule has 1 aromatic heterocycles. The summed E-state index contributed by atoms with van der Waals surface area (Å²) >= 11 is 2.19. The van der Waals surface area contributed by atoms with Crippen molar-refractivity contribution in [2.24, 2.45) is 4.99 Å². The van der Waals surface area contributed by atoms with Gasteiger partial charge in [-0.3, -0.25) is 14.9 Å². The van der Waals surface area contributed by atoms with E-state index in [-0.39, 0.29) is 16.9 Å². The number of carboxylic acid groups (broad SMARTS) is 1. The van der Waals surface area contributed by atoms with Gasteiger partial charge in [-0.15, -0.1) is 0 Å². The van der Waals surface area contributed by atoms with Crippen LogP contribution < -0.4 is 5.56 Å². The van der Waals surface area contributed by atoms with Gasteiger partial charge in [0.2, 0.25) is 0 Å². The number of aromatic carboxylic acids is 1. The number of aromatic hydroxyl groups is 1. The van der Waals surface area contributed by atoms with E-state index in [1.54, 1.807) is 6.92 Å². The summed E-state index contributed by atoms with van der Waals surface area (Å²) in [5, 5.41) is 21.6. The quantitative estimate of drug-likeness (QED) is 0.408. The molecule has 3 N–H and O–H groups in total. The van der Waals surface area contributed by atoms with Gasteiger partial charge in [-0.05, 0) is 72.0 Å². The van der Waals surface area contributed by atoms with Gasteiger partial charge >= 0.3 is 5.97 Å². The minimum atomic E-state index is -1.25. The van der Waals surface area contributed by atoms with Gasteiger partial charge in [0.25, 0.3) is 5.56 Å². The monoisotopic (exact) mass is 463 g/mol. The van der Waals surface area contributed by atoms with Crippen molar-refractivity contribution in [2.45, 2.75) is 6.92 Å². The fourth-order valence-electron chi connectivity index (χ4n) is 2.40. The first-order valence-corrected chi connectivity index (χ1v) is 8.62. The Hall–Kier alpha value is -2.88. The molecule has 0 saturated carbocycles. The molecule has 8 heteroatoms. The van der Waals surface area contributed by atoms with Crippen LogP contribution in [0.15, 0.2) is 52.3 Å². The largest absolute Gasteiger partial charge is 0.507 e. The van der Waals surface area contributed by atoms with E-state index in [1.165, 1.54) is 29.1 Å². The number of benzene rings is 2. The molecule has 26 heavy (non-hydrogen) atoms. The molecule has 0 aliphatic carbocycles. The summed E-state index contributed by atoms with van der Waals surface area (Å²) < 4.78 is 2.48. The van der Waals surface area contributed by atoms with Crippen molar-refractivity contribution >= 4 is 40.5 Å². The van der Waals surface area contributed by atoms with E-state index in [9.17, 15) is 14.7 Å². The van der Waals surface area contributed by atoms with Crippen molar-refractivity contribution in [1.82, 2.24) is 9.78 Å². The smallest absolute Gasteiger partial charge is 0.339 e. The Kier molecular flexibility index (Phi) is 4.94. The fraction of sp³-hybridized carbons (Fsp3) is 0.0556. The second-order valence-corrected chi connectivity index (χ2v) is 6.78. The van der Waals surface area contributed by atoms with E-state index in [2.05, 4.69) is 32.7 Å². The molecule has 0 atom stereocenters. The number of aromatic nitrogens is 2. The summed E-state index contributed by atoms with van der Waals surface area (Å²) in [5.41, 5.74) is 1.52. The number of rotatable bonds is 4. The van der Waals surface area contributed by atoms with Gasteiger partial charge in [0.15, 0.2) is 0 Å². The Labute approximate surface area is 161 Å². The van der Waals surface area contributed by atoms with E-state index in [0.717, 1.165) is 3.57 Å². The standard InChI is InChI=1S/C18H14IN3O4/c1-10-15(9-20-12-4-7-16(23)14(8-12)18(25)26)17(24)22(21-10)13-5-2-11(19)3-6-13/h2-9,21,23H,1H3,(H,25,26). The molecule has 3 aromatic rings. The zero-order chi connectivity index (χ0) is 18.8. The molecule has 1 heterocycles. The second kappa shape index (κ2) is 7.16. The van der Waals surface area contributed by atoms with E-state index < -0.39 is 5.97 Å². The SMILES string of the molecule is Cc1[nH]n(-c2ccc(I)cc2)c(=O)c1C=Nc1ccc(O)c(C(=O)O)c1. The van der Waals surface area contributed by atoms with Crippen molar-refractivity contribution in [2.75, 3.05) is 0 Å². The number of nitrogens with zero attached hydrogens (tertiary/aromatic N) is 2. The highest BCUT2D eigenvalue weighted by molar-refractivity contribution is 14.1. The molecule has 0 saturated heterocycles. The highest BCUT2D eigenvalue weighted by Gasteiger charge is 2.12. The lowest BCUT2D eigenvalue weighted by Crippen LogP contribution is -2.17. The van der Waals surface area contributed by atoms with Crippen LogP contribution in [0.2, 0.25) is 0 Å². The Balaban J connectivity index is 1.97. The first-order chi connectivity index (χ1) is 12.4. The van der Waals surface area contributed by atoms with Gasteiger partial charge in [0, 0.05) is 15.5 Å². The number of halogens is 1. The second-order valence-electron chi connectivity index (χ2n) is 5.53. The van der Waals surface area contributed by atoms with E-state index >= 15 is 0 Å². The summed E-state index contributed by atoms with van der Waals surface area (Å²) in [5.74, 6) is -1.59. The maximum atomic E-state index is 12.6. The van der Waals surface area contributed by atoms with Gasteiger partial charge < -0.3 is 10.2 Å². The molecule has 132 valence electrons. The molecular weight excluding hydrogens is 449 g/mol. The third-order valence-corrected chi connectivity index (χ3v) is 4.47. The molecule has 0 fully saturated rings. The molecule has 0 unspecified atom stereocenters. The van der Waals surface area contributed by atoms with Gasteiger partial charge in [-0.2, -0.15) is 0 Å². The molecule has 0 amide bonds. The van der Waals surface area contributed by atoms with Gasteiger partial charge in [-0.25, -0.2) is 9.48 Å². The molecule has 0 radical (unpaired) electrons. The van der Waals surface area contributed by atoms with Crippen molar-refractivity contribution in [3.8, 4) is 11.4 Å². The summed E-state index contributed by atoms with van der Waals surface area (Å²) in [6.07, 6.45) is 1.38. The predicted molar refractivity (Wildman–Crippen MR) is 106 cm³/mol. The highest BCUT2D eigenvalue weighted by Crippen LogP contribution is 2.23. The molecule has 0 spiro atoms. The topological polar surface area (TPSA) is 108 Å². The fourth-order valence-corrected chi connectivity index (χ4v) is 2.76. The van der Waals surface area contributed by atoms with Crippen LogP contribution >= 0.6 is 22.6 Å². The predicted octanol–water partition coefficient (Wildman–Crippen LogP) is 3.23. The van der Waals surface area contributed by atoms with E-state index in [1.807, 2.05) is 24.3 Å². The lowest BCUT2D eigenvalue weighted by molar-refractivity contribution is 0.0694. The van der Waals surface area contributed by atoms with E-state index in [0.29, 0.717) is 22.6 Å². The average molecular weight is 463 g/mol. The van der Waals surface area contributed by atoms with Crippen LogP contribution in [0, 0.1) is 10.5 Å². The number of aromatic amines is 1. The van der Waals surface area contributed by atoms with Crippen molar-refractivity contribution in [3.05, 3.63) is 73.2 Å². The Morgan fingerprint density at radius 3 is 2.58 bits per heavy atom. The van der Waals surface area contributed by atoms with Crippen molar-refractivity contribution in [1.29, 1.82) is 0 Å². The molecule has 0 aliphatic rings. The van der Waals surface area contributed by atoms with Gasteiger partial charge in [-0.1, -0.05) is 0 Å². The maximum Gasteiger partial charge on any atom is 0.339 e. The summed E-state index contributed by atoms with van der Waals surface area (Å²) in [4.78, 5) is 27.9.